The van der Waals surface area contributed by atoms with Gasteiger partial charge >= 0.3 is 0 Å². The average molecular weight is 558 g/mol. The molecule has 2 nitrogen and oxygen atoms in total. The third-order valence-corrected chi connectivity index (χ3v) is 7.94. The average Bonchev–Trinajstić information content (AvgIpc) is 3.20. The number of benzene rings is 3. The van der Waals surface area contributed by atoms with Crippen molar-refractivity contribution in [2.75, 3.05) is 0 Å². The molecule has 1 heterocycles. The smallest absolute Gasteiger partial charge is 0.173 e. The van der Waals surface area contributed by atoms with Crippen LogP contribution in [-0.4, -0.2) is 9.55 Å². The molecule has 0 aliphatic rings. The minimum Gasteiger partial charge on any atom is -0.289 e. The Morgan fingerprint density at radius 3 is 2.32 bits per heavy atom. The van der Waals surface area contributed by atoms with E-state index in [1.54, 1.807) is 36.5 Å². The molecule has 0 N–H and O–H groups in total. The highest BCUT2D eigenvalue weighted by Crippen LogP contribution is 2.40. The van der Waals surface area contributed by atoms with Gasteiger partial charge in [-0.2, -0.15) is 0 Å². The van der Waals surface area contributed by atoms with Gasteiger partial charge in [-0.15, -0.1) is 0 Å². The number of aromatic nitrogens is 2. The highest BCUT2D eigenvalue weighted by Gasteiger charge is 2.31. The minimum absolute atomic E-state index is 0.218. The zero-order valence-electron chi connectivity index (χ0n) is 18.1. The Morgan fingerprint density at radius 1 is 0.882 bits per heavy atom. The summed E-state index contributed by atoms with van der Waals surface area (Å²) in [5.41, 5.74) is 2.01. The lowest BCUT2D eigenvalue weighted by atomic mass is 9.81. The second-order valence-corrected chi connectivity index (χ2v) is 10.7. The summed E-state index contributed by atoms with van der Waals surface area (Å²) in [5.74, 6) is -0.602. The van der Waals surface area contributed by atoms with E-state index in [4.69, 9.17) is 46.4 Å². The first-order chi connectivity index (χ1) is 16.1. The topological polar surface area (TPSA) is 17.8 Å². The highest BCUT2D eigenvalue weighted by molar-refractivity contribution is 7.98. The molecule has 4 rings (SSSR count). The summed E-state index contributed by atoms with van der Waals surface area (Å²) in [6.45, 7) is 4.03. The quantitative estimate of drug-likeness (QED) is 0.220. The van der Waals surface area contributed by atoms with Gasteiger partial charge in [0.15, 0.2) is 5.16 Å². The molecule has 0 spiro atoms. The summed E-state index contributed by atoms with van der Waals surface area (Å²) in [6, 6.07) is 14.2. The molecule has 0 aliphatic carbocycles. The third-order valence-electron chi connectivity index (χ3n) is 5.57. The molecule has 1 aromatic heterocycles. The van der Waals surface area contributed by atoms with Crippen LogP contribution in [-0.2, 0) is 11.2 Å². The third kappa shape index (κ3) is 4.95. The number of rotatable bonds is 6. The molecule has 34 heavy (non-hydrogen) atoms. The van der Waals surface area contributed by atoms with Gasteiger partial charge in [-0.25, -0.2) is 13.8 Å². The first-order valence-electron chi connectivity index (χ1n) is 10.1. The van der Waals surface area contributed by atoms with Crippen LogP contribution in [0.4, 0.5) is 8.78 Å². The highest BCUT2D eigenvalue weighted by atomic mass is 35.5. The van der Waals surface area contributed by atoms with Gasteiger partial charge in [-0.1, -0.05) is 84.1 Å². The molecular formula is C25H18Cl4F2N2S. The fourth-order valence-corrected chi connectivity index (χ4v) is 5.49. The second kappa shape index (κ2) is 10.1. The number of nitrogens with zero attached hydrogens (tertiary/aromatic N) is 2. The van der Waals surface area contributed by atoms with Gasteiger partial charge in [-0.05, 0) is 48.0 Å². The monoisotopic (exact) mass is 556 g/mol. The van der Waals surface area contributed by atoms with Crippen molar-refractivity contribution in [3.05, 3.63) is 109 Å². The van der Waals surface area contributed by atoms with E-state index in [2.05, 4.69) is 4.98 Å². The van der Waals surface area contributed by atoms with Crippen LogP contribution in [0.5, 0.6) is 0 Å². The van der Waals surface area contributed by atoms with Crippen LogP contribution in [0.3, 0.4) is 0 Å². The minimum atomic E-state index is -0.590. The fourth-order valence-electron chi connectivity index (χ4n) is 3.61. The van der Waals surface area contributed by atoms with Crippen molar-refractivity contribution < 1.29 is 8.78 Å². The fraction of sp³-hybridized carbons (Fsp3) is 0.160. The molecule has 0 saturated carbocycles. The summed E-state index contributed by atoms with van der Waals surface area (Å²) in [4.78, 5) is 4.61. The van der Waals surface area contributed by atoms with Gasteiger partial charge in [0.1, 0.15) is 11.6 Å². The molecule has 0 fully saturated rings. The Balaban J connectivity index is 1.84. The molecule has 176 valence electrons. The number of thioether (sulfide) groups is 1. The van der Waals surface area contributed by atoms with Gasteiger partial charge in [0, 0.05) is 21.8 Å². The lowest BCUT2D eigenvalue weighted by molar-refractivity contribution is 0.591. The second-order valence-electron chi connectivity index (χ2n) is 8.10. The van der Waals surface area contributed by atoms with E-state index >= 15 is 0 Å². The molecule has 0 amide bonds. The van der Waals surface area contributed by atoms with E-state index in [1.165, 1.54) is 30.0 Å². The SMILES string of the molecule is CC(C)(c1ccc(Cl)c(Cl)c1)c1cnc(SCc2c(F)cccc2Cl)n1-c1ccc(F)cc1Cl. The molecule has 0 unspecified atom stereocenters. The normalized spacial score (nSPS) is 11.8. The summed E-state index contributed by atoms with van der Waals surface area (Å²) in [7, 11) is 0. The number of imidazole rings is 1. The van der Waals surface area contributed by atoms with Crippen LogP contribution < -0.4 is 0 Å². The Labute approximate surface area is 220 Å². The number of hydrogen-bond donors (Lipinski definition) is 0. The zero-order valence-corrected chi connectivity index (χ0v) is 21.9. The van der Waals surface area contributed by atoms with Crippen LogP contribution >= 0.6 is 58.2 Å². The maximum absolute atomic E-state index is 14.4. The predicted octanol–water partition coefficient (Wildman–Crippen LogP) is 9.38. The van der Waals surface area contributed by atoms with Crippen LogP contribution in [0.2, 0.25) is 20.1 Å². The molecule has 0 bridgehead atoms. The van der Waals surface area contributed by atoms with E-state index in [-0.39, 0.29) is 10.8 Å². The molecule has 0 atom stereocenters. The van der Waals surface area contributed by atoms with Crippen LogP contribution in [0.15, 0.2) is 66.0 Å². The summed E-state index contributed by atoms with van der Waals surface area (Å²) >= 11 is 26.4. The maximum Gasteiger partial charge on any atom is 0.173 e. The lowest BCUT2D eigenvalue weighted by Gasteiger charge is -2.28. The number of halogens is 6. The Bertz CT molecular complexity index is 1350. The van der Waals surface area contributed by atoms with Gasteiger partial charge in [-0.3, -0.25) is 4.57 Å². The van der Waals surface area contributed by atoms with Crippen LogP contribution in [0.1, 0.15) is 30.7 Å². The summed E-state index contributed by atoms with van der Waals surface area (Å²) in [6.07, 6.45) is 1.73. The van der Waals surface area contributed by atoms with E-state index in [0.717, 1.165) is 11.3 Å². The summed E-state index contributed by atoms with van der Waals surface area (Å²) in [5, 5.41) is 1.99. The van der Waals surface area contributed by atoms with E-state index < -0.39 is 17.0 Å². The van der Waals surface area contributed by atoms with Crippen molar-refractivity contribution in [3.8, 4) is 5.69 Å². The van der Waals surface area contributed by atoms with Gasteiger partial charge in [0.25, 0.3) is 0 Å². The van der Waals surface area contributed by atoms with Crippen molar-refractivity contribution in [1.29, 1.82) is 0 Å². The van der Waals surface area contributed by atoms with Crippen molar-refractivity contribution in [2.24, 2.45) is 0 Å². The van der Waals surface area contributed by atoms with Crippen molar-refractivity contribution >= 4 is 58.2 Å². The van der Waals surface area contributed by atoms with Gasteiger partial charge in [0.2, 0.25) is 0 Å². The van der Waals surface area contributed by atoms with Crippen molar-refractivity contribution in [3.63, 3.8) is 0 Å². The van der Waals surface area contributed by atoms with Crippen LogP contribution in [0, 0.1) is 11.6 Å². The molecule has 0 radical (unpaired) electrons. The molecule has 3 aromatic carbocycles. The van der Waals surface area contributed by atoms with Gasteiger partial charge in [0.05, 0.1) is 32.6 Å². The summed E-state index contributed by atoms with van der Waals surface area (Å²) < 4.78 is 30.0. The maximum atomic E-state index is 14.4. The standard InChI is InChI=1S/C25H18Cl4F2N2S/c1-25(2,14-6-8-18(27)19(28)10-14)23-12-32-24(33(23)22-9-7-15(30)11-20(22)29)34-13-16-17(26)4-3-5-21(16)31/h3-12H,13H2,1-2H3. The Morgan fingerprint density at radius 2 is 1.65 bits per heavy atom. The lowest BCUT2D eigenvalue weighted by Crippen LogP contribution is -2.23. The van der Waals surface area contributed by atoms with E-state index in [0.29, 0.717) is 31.5 Å². The van der Waals surface area contributed by atoms with Crippen molar-refractivity contribution in [2.45, 2.75) is 30.2 Å². The Hall–Kier alpha value is -1.76. The first kappa shape index (κ1) is 25.3. The van der Waals surface area contributed by atoms with Gasteiger partial charge < -0.3 is 0 Å². The molecule has 0 saturated heterocycles. The predicted molar refractivity (Wildman–Crippen MR) is 138 cm³/mol. The molecule has 9 heteroatoms. The van der Waals surface area contributed by atoms with Crippen LogP contribution in [0.25, 0.3) is 5.69 Å². The number of hydrogen-bond acceptors (Lipinski definition) is 2. The largest absolute Gasteiger partial charge is 0.289 e. The van der Waals surface area contributed by atoms with Crippen molar-refractivity contribution in [1.82, 2.24) is 9.55 Å². The van der Waals surface area contributed by atoms with E-state index in [1.807, 2.05) is 24.5 Å². The first-order valence-corrected chi connectivity index (χ1v) is 12.6. The molecule has 4 aromatic rings. The molecule has 0 aliphatic heterocycles. The Kier molecular flexibility index (Phi) is 7.51. The van der Waals surface area contributed by atoms with E-state index in [9.17, 15) is 8.78 Å². The molecular weight excluding hydrogens is 540 g/mol. The zero-order chi connectivity index (χ0) is 24.6.